The molecule has 0 spiro atoms. The maximum Gasteiger partial charge on any atom is 0.416 e. The van der Waals surface area contributed by atoms with E-state index in [1.807, 2.05) is 31.4 Å². The minimum atomic E-state index is -4.37. The predicted molar refractivity (Wildman–Crippen MR) is 81.2 cm³/mol. The van der Waals surface area contributed by atoms with Gasteiger partial charge in [0.1, 0.15) is 11.6 Å². The molecule has 0 fully saturated rings. The number of imidazole rings is 1. The Morgan fingerprint density at radius 1 is 1.13 bits per heavy atom. The Morgan fingerprint density at radius 3 is 2.43 bits per heavy atom. The molecule has 3 aromatic rings. The van der Waals surface area contributed by atoms with E-state index >= 15 is 0 Å². The first-order valence-corrected chi connectivity index (χ1v) is 7.26. The van der Waals surface area contributed by atoms with E-state index in [4.69, 9.17) is 4.42 Å². The average molecular weight is 322 g/mol. The maximum absolute atomic E-state index is 12.9. The van der Waals surface area contributed by atoms with Crippen molar-refractivity contribution in [3.63, 3.8) is 0 Å². The standard InChI is InChI=1S/C17H17F3N2O/c1-16(2,3)15-21-13-9-11(17(18,19)20)6-7-14(13)22(15)10-12-5-4-8-23-12/h4-9H,10H2,1-3H3. The van der Waals surface area contributed by atoms with Crippen molar-refractivity contribution in [3.8, 4) is 0 Å². The fourth-order valence-electron chi connectivity index (χ4n) is 2.60. The van der Waals surface area contributed by atoms with Crippen molar-refractivity contribution >= 4 is 11.0 Å². The number of hydrogen-bond acceptors (Lipinski definition) is 2. The highest BCUT2D eigenvalue weighted by Gasteiger charge is 2.32. The Hall–Kier alpha value is -2.24. The number of benzene rings is 1. The normalized spacial score (nSPS) is 13.0. The lowest BCUT2D eigenvalue weighted by Gasteiger charge is -2.19. The third-order valence-corrected chi connectivity index (χ3v) is 3.64. The van der Waals surface area contributed by atoms with Gasteiger partial charge in [-0.3, -0.25) is 0 Å². The Labute approximate surface area is 131 Å². The van der Waals surface area contributed by atoms with E-state index in [0.29, 0.717) is 17.6 Å². The van der Waals surface area contributed by atoms with Gasteiger partial charge in [0.2, 0.25) is 0 Å². The highest BCUT2D eigenvalue weighted by atomic mass is 19.4. The molecule has 0 radical (unpaired) electrons. The van der Waals surface area contributed by atoms with Gasteiger partial charge < -0.3 is 8.98 Å². The fourth-order valence-corrected chi connectivity index (χ4v) is 2.60. The Kier molecular flexibility index (Phi) is 3.50. The van der Waals surface area contributed by atoms with Gasteiger partial charge in [-0.15, -0.1) is 0 Å². The second-order valence-electron chi connectivity index (χ2n) is 6.55. The average Bonchev–Trinajstić information content (AvgIpc) is 3.05. The monoisotopic (exact) mass is 322 g/mol. The van der Waals surface area contributed by atoms with Gasteiger partial charge in [0.05, 0.1) is 29.4 Å². The molecule has 0 amide bonds. The largest absolute Gasteiger partial charge is 0.467 e. The molecule has 1 aromatic carbocycles. The Morgan fingerprint density at radius 2 is 1.87 bits per heavy atom. The minimum Gasteiger partial charge on any atom is -0.467 e. The topological polar surface area (TPSA) is 31.0 Å². The molecule has 3 nitrogen and oxygen atoms in total. The van der Waals surface area contributed by atoms with Gasteiger partial charge in [-0.1, -0.05) is 20.8 Å². The van der Waals surface area contributed by atoms with Crippen LogP contribution in [-0.2, 0) is 18.1 Å². The van der Waals surface area contributed by atoms with Crippen LogP contribution in [-0.4, -0.2) is 9.55 Å². The number of fused-ring (bicyclic) bond motifs is 1. The summed E-state index contributed by atoms with van der Waals surface area (Å²) in [4.78, 5) is 4.46. The van der Waals surface area contributed by atoms with Gasteiger partial charge in [0.15, 0.2) is 0 Å². The number of furan rings is 1. The van der Waals surface area contributed by atoms with Crippen molar-refractivity contribution in [1.29, 1.82) is 0 Å². The summed E-state index contributed by atoms with van der Waals surface area (Å²) in [6, 6.07) is 7.29. The molecule has 0 saturated carbocycles. The highest BCUT2D eigenvalue weighted by Crippen LogP contribution is 2.33. The van der Waals surface area contributed by atoms with Crippen molar-refractivity contribution in [1.82, 2.24) is 9.55 Å². The van der Waals surface area contributed by atoms with Crippen LogP contribution in [0, 0.1) is 0 Å². The van der Waals surface area contributed by atoms with Crippen LogP contribution in [0.25, 0.3) is 11.0 Å². The molecule has 0 aliphatic carbocycles. The summed E-state index contributed by atoms with van der Waals surface area (Å²) in [6.07, 6.45) is -2.80. The van der Waals surface area contributed by atoms with Gasteiger partial charge in [0, 0.05) is 5.41 Å². The predicted octanol–water partition coefficient (Wildman–Crippen LogP) is 4.99. The molecule has 0 aliphatic heterocycles. The molecule has 23 heavy (non-hydrogen) atoms. The highest BCUT2D eigenvalue weighted by molar-refractivity contribution is 5.77. The second kappa shape index (κ2) is 5.15. The van der Waals surface area contributed by atoms with Gasteiger partial charge in [0.25, 0.3) is 0 Å². The molecule has 6 heteroatoms. The van der Waals surface area contributed by atoms with Crippen molar-refractivity contribution < 1.29 is 17.6 Å². The van der Waals surface area contributed by atoms with Crippen LogP contribution in [0.5, 0.6) is 0 Å². The molecule has 0 N–H and O–H groups in total. The lowest BCUT2D eigenvalue weighted by molar-refractivity contribution is -0.137. The first-order chi connectivity index (χ1) is 10.7. The van der Waals surface area contributed by atoms with Crippen LogP contribution in [0.15, 0.2) is 41.0 Å². The van der Waals surface area contributed by atoms with Crippen LogP contribution < -0.4 is 0 Å². The number of alkyl halides is 3. The molecule has 0 unspecified atom stereocenters. The summed E-state index contributed by atoms with van der Waals surface area (Å²) in [6.45, 7) is 6.38. The van der Waals surface area contributed by atoms with Crippen molar-refractivity contribution in [2.75, 3.05) is 0 Å². The first kappa shape index (κ1) is 15.6. The summed E-state index contributed by atoms with van der Waals surface area (Å²) in [5.74, 6) is 1.46. The second-order valence-corrected chi connectivity index (χ2v) is 6.55. The van der Waals surface area contributed by atoms with E-state index in [2.05, 4.69) is 4.98 Å². The molecule has 0 atom stereocenters. The number of aromatic nitrogens is 2. The third kappa shape index (κ3) is 2.98. The number of rotatable bonds is 2. The molecular formula is C17H17F3N2O. The lowest BCUT2D eigenvalue weighted by atomic mass is 9.95. The molecular weight excluding hydrogens is 305 g/mol. The zero-order valence-corrected chi connectivity index (χ0v) is 13.1. The van der Waals surface area contributed by atoms with E-state index in [9.17, 15) is 13.2 Å². The molecule has 2 heterocycles. The molecule has 3 rings (SSSR count). The van der Waals surface area contributed by atoms with Crippen LogP contribution in [0.1, 0.15) is 37.9 Å². The zero-order valence-electron chi connectivity index (χ0n) is 13.1. The smallest absolute Gasteiger partial charge is 0.416 e. The molecule has 122 valence electrons. The summed E-state index contributed by atoms with van der Waals surface area (Å²) in [7, 11) is 0. The summed E-state index contributed by atoms with van der Waals surface area (Å²) >= 11 is 0. The fraction of sp³-hybridized carbons (Fsp3) is 0.353. The Bertz CT molecular complexity index is 824. The molecule has 0 saturated heterocycles. The van der Waals surface area contributed by atoms with Crippen molar-refractivity contribution in [3.05, 3.63) is 53.7 Å². The lowest BCUT2D eigenvalue weighted by Crippen LogP contribution is -2.19. The summed E-state index contributed by atoms with van der Waals surface area (Å²) in [5.41, 5.74) is 0.0213. The van der Waals surface area contributed by atoms with E-state index in [-0.39, 0.29) is 5.41 Å². The van der Waals surface area contributed by atoms with Crippen molar-refractivity contribution in [2.24, 2.45) is 0 Å². The zero-order chi connectivity index (χ0) is 16.8. The van der Waals surface area contributed by atoms with Crippen LogP contribution in [0.3, 0.4) is 0 Å². The van der Waals surface area contributed by atoms with E-state index < -0.39 is 11.7 Å². The number of nitrogens with zero attached hydrogens (tertiary/aromatic N) is 2. The van der Waals surface area contributed by atoms with Gasteiger partial charge in [-0.25, -0.2) is 4.98 Å². The van der Waals surface area contributed by atoms with E-state index in [1.54, 1.807) is 12.3 Å². The summed E-state index contributed by atoms with van der Waals surface area (Å²) in [5, 5.41) is 0. The van der Waals surface area contributed by atoms with Crippen LogP contribution in [0.2, 0.25) is 0 Å². The molecule has 2 aromatic heterocycles. The maximum atomic E-state index is 12.9. The number of halogens is 3. The quantitative estimate of drug-likeness (QED) is 0.665. The van der Waals surface area contributed by atoms with Crippen molar-refractivity contribution in [2.45, 2.75) is 38.9 Å². The third-order valence-electron chi connectivity index (χ3n) is 3.64. The van der Waals surface area contributed by atoms with Gasteiger partial charge >= 0.3 is 6.18 Å². The van der Waals surface area contributed by atoms with Gasteiger partial charge in [-0.05, 0) is 30.3 Å². The van der Waals surface area contributed by atoms with Crippen LogP contribution >= 0.6 is 0 Å². The van der Waals surface area contributed by atoms with Gasteiger partial charge in [-0.2, -0.15) is 13.2 Å². The van der Waals surface area contributed by atoms with E-state index in [0.717, 1.165) is 23.7 Å². The number of hydrogen-bond donors (Lipinski definition) is 0. The summed E-state index contributed by atoms with van der Waals surface area (Å²) < 4.78 is 46.0. The Balaban J connectivity index is 2.19. The molecule has 0 aliphatic rings. The molecule has 0 bridgehead atoms. The van der Waals surface area contributed by atoms with E-state index in [1.165, 1.54) is 6.07 Å². The SMILES string of the molecule is CC(C)(C)c1nc2cc(C(F)(F)F)ccc2n1Cc1ccco1. The van der Waals surface area contributed by atoms with Crippen LogP contribution in [0.4, 0.5) is 13.2 Å². The first-order valence-electron chi connectivity index (χ1n) is 7.26. The minimum absolute atomic E-state index is 0.302.